The van der Waals surface area contributed by atoms with Crippen LogP contribution in [0.3, 0.4) is 0 Å². The van der Waals surface area contributed by atoms with Gasteiger partial charge in [-0.1, -0.05) is 6.42 Å². The van der Waals surface area contributed by atoms with Crippen LogP contribution in [0.5, 0.6) is 0 Å². The topological polar surface area (TPSA) is 46.5 Å². The third kappa shape index (κ3) is 8.74. The molecule has 0 unspecified atom stereocenters. The van der Waals surface area contributed by atoms with Gasteiger partial charge in [-0.3, -0.25) is 4.79 Å². The van der Waals surface area contributed by atoms with E-state index in [1.807, 2.05) is 0 Å². The molecule has 0 aromatic carbocycles. The molecule has 0 aliphatic heterocycles. The molecule has 0 aromatic rings. The average molecular weight is 292 g/mol. The molecule has 8 heteroatoms. The monoisotopic (exact) mass is 292 g/mol. The van der Waals surface area contributed by atoms with Gasteiger partial charge in [-0.25, -0.2) is 0 Å². The van der Waals surface area contributed by atoms with Crippen molar-refractivity contribution in [2.75, 3.05) is 13.2 Å². The number of carboxylic acids is 1. The lowest BCUT2D eigenvalue weighted by atomic mass is 10.2. The number of carboxylic acid groups (broad SMARTS) is 1. The molecule has 0 aromatic heterocycles. The predicted octanol–water partition coefficient (Wildman–Crippen LogP) is 3.63. The van der Waals surface area contributed by atoms with Gasteiger partial charge in [0.2, 0.25) is 0 Å². The SMILES string of the molecule is O=C(O)CCCCCOCCCC(F)(F)C(F)(F)F. The lowest BCUT2D eigenvalue weighted by molar-refractivity contribution is -0.285. The molecule has 114 valence electrons. The maximum atomic E-state index is 12.4. The summed E-state index contributed by atoms with van der Waals surface area (Å²) in [4.78, 5) is 10.2. The van der Waals surface area contributed by atoms with Crippen LogP contribution in [0.15, 0.2) is 0 Å². The molecule has 0 saturated heterocycles. The van der Waals surface area contributed by atoms with E-state index in [1.54, 1.807) is 0 Å². The summed E-state index contributed by atoms with van der Waals surface area (Å²) in [6.45, 7) is 0.0712. The number of halogens is 5. The van der Waals surface area contributed by atoms with Gasteiger partial charge in [-0.2, -0.15) is 22.0 Å². The highest BCUT2D eigenvalue weighted by molar-refractivity contribution is 5.66. The van der Waals surface area contributed by atoms with E-state index in [2.05, 4.69) is 0 Å². The summed E-state index contributed by atoms with van der Waals surface area (Å²) < 4.78 is 65.1. The molecule has 19 heavy (non-hydrogen) atoms. The van der Waals surface area contributed by atoms with Gasteiger partial charge in [-0.05, 0) is 19.3 Å². The first-order valence-corrected chi connectivity index (χ1v) is 5.91. The van der Waals surface area contributed by atoms with Gasteiger partial charge in [0.25, 0.3) is 0 Å². The highest BCUT2D eigenvalue weighted by atomic mass is 19.4. The molecule has 0 aliphatic rings. The fourth-order valence-corrected chi connectivity index (χ4v) is 1.30. The molecular formula is C11H17F5O3. The normalized spacial score (nSPS) is 12.7. The Balaban J connectivity index is 3.44. The first kappa shape index (κ1) is 18.1. The van der Waals surface area contributed by atoms with Crippen LogP contribution in [-0.4, -0.2) is 36.4 Å². The maximum absolute atomic E-state index is 12.4. The molecule has 0 aliphatic carbocycles. The van der Waals surface area contributed by atoms with Crippen LogP contribution in [-0.2, 0) is 9.53 Å². The molecule has 0 fully saturated rings. The summed E-state index contributed by atoms with van der Waals surface area (Å²) >= 11 is 0. The lowest BCUT2D eigenvalue weighted by Crippen LogP contribution is -2.36. The summed E-state index contributed by atoms with van der Waals surface area (Å²) in [5.74, 6) is -5.56. The number of ether oxygens (including phenoxy) is 1. The second-order valence-corrected chi connectivity index (χ2v) is 4.12. The molecular weight excluding hydrogens is 275 g/mol. The largest absolute Gasteiger partial charge is 0.481 e. The van der Waals surface area contributed by atoms with Gasteiger partial charge in [0.05, 0.1) is 0 Å². The zero-order chi connectivity index (χ0) is 14.9. The van der Waals surface area contributed by atoms with Crippen molar-refractivity contribution in [3.63, 3.8) is 0 Å². The zero-order valence-electron chi connectivity index (χ0n) is 10.3. The van der Waals surface area contributed by atoms with E-state index in [-0.39, 0.29) is 26.1 Å². The van der Waals surface area contributed by atoms with E-state index in [0.29, 0.717) is 19.3 Å². The fourth-order valence-electron chi connectivity index (χ4n) is 1.30. The Morgan fingerprint density at radius 3 is 2.05 bits per heavy atom. The van der Waals surface area contributed by atoms with Crippen LogP contribution in [0, 0.1) is 0 Å². The lowest BCUT2D eigenvalue weighted by Gasteiger charge is -2.19. The molecule has 0 spiro atoms. The Bertz CT molecular complexity index is 266. The van der Waals surface area contributed by atoms with Crippen molar-refractivity contribution in [1.29, 1.82) is 0 Å². The number of rotatable bonds is 10. The van der Waals surface area contributed by atoms with Crippen LogP contribution < -0.4 is 0 Å². The fraction of sp³-hybridized carbons (Fsp3) is 0.909. The summed E-state index contributed by atoms with van der Waals surface area (Å²) in [5, 5.41) is 8.33. The number of unbranched alkanes of at least 4 members (excludes halogenated alkanes) is 2. The van der Waals surface area contributed by atoms with E-state index in [9.17, 15) is 26.7 Å². The predicted molar refractivity (Wildman–Crippen MR) is 57.2 cm³/mol. The zero-order valence-corrected chi connectivity index (χ0v) is 10.3. The highest BCUT2D eigenvalue weighted by Gasteiger charge is 2.56. The molecule has 0 amide bonds. The van der Waals surface area contributed by atoms with Crippen molar-refractivity contribution in [1.82, 2.24) is 0 Å². The van der Waals surface area contributed by atoms with Crippen molar-refractivity contribution in [3.05, 3.63) is 0 Å². The molecule has 0 saturated carbocycles. The molecule has 0 radical (unpaired) electrons. The first-order valence-electron chi connectivity index (χ1n) is 5.91. The third-order valence-electron chi connectivity index (χ3n) is 2.37. The Hall–Kier alpha value is -0.920. The van der Waals surface area contributed by atoms with Crippen molar-refractivity contribution in [2.24, 2.45) is 0 Å². The van der Waals surface area contributed by atoms with Crippen molar-refractivity contribution in [2.45, 2.75) is 50.6 Å². The standard InChI is InChI=1S/C11H17F5O3/c12-10(13,11(14,15)16)6-4-8-19-7-3-1-2-5-9(17)18/h1-8H2,(H,17,18). The van der Waals surface area contributed by atoms with Crippen molar-refractivity contribution >= 4 is 5.97 Å². The van der Waals surface area contributed by atoms with E-state index in [4.69, 9.17) is 9.84 Å². The molecule has 0 heterocycles. The number of hydrogen-bond donors (Lipinski definition) is 1. The molecule has 0 bridgehead atoms. The summed E-state index contributed by atoms with van der Waals surface area (Å²) in [6.07, 6.45) is -5.45. The number of alkyl halides is 5. The Kier molecular flexibility index (Phi) is 7.89. The van der Waals surface area contributed by atoms with Crippen molar-refractivity contribution in [3.8, 4) is 0 Å². The molecule has 3 nitrogen and oxygen atoms in total. The van der Waals surface area contributed by atoms with Gasteiger partial charge in [-0.15, -0.1) is 0 Å². The molecule has 1 N–H and O–H groups in total. The molecule has 0 rings (SSSR count). The Morgan fingerprint density at radius 2 is 1.53 bits per heavy atom. The van der Waals surface area contributed by atoms with Gasteiger partial charge in [0, 0.05) is 26.1 Å². The Labute approximate surface area is 107 Å². The first-order chi connectivity index (χ1) is 8.67. The van der Waals surface area contributed by atoms with Crippen molar-refractivity contribution < 1.29 is 36.6 Å². The second-order valence-electron chi connectivity index (χ2n) is 4.12. The third-order valence-corrected chi connectivity index (χ3v) is 2.37. The molecule has 0 atom stereocenters. The maximum Gasteiger partial charge on any atom is 0.453 e. The van der Waals surface area contributed by atoms with Crippen LogP contribution in [0.2, 0.25) is 0 Å². The minimum absolute atomic E-state index is 0.0534. The van der Waals surface area contributed by atoms with Gasteiger partial charge < -0.3 is 9.84 Å². The van der Waals surface area contributed by atoms with Gasteiger partial charge in [0.1, 0.15) is 0 Å². The van der Waals surface area contributed by atoms with Crippen LogP contribution in [0.4, 0.5) is 22.0 Å². The smallest absolute Gasteiger partial charge is 0.453 e. The summed E-state index contributed by atoms with van der Waals surface area (Å²) in [6, 6.07) is 0. The van der Waals surface area contributed by atoms with Crippen LogP contribution in [0.25, 0.3) is 0 Å². The minimum atomic E-state index is -5.51. The average Bonchev–Trinajstić information content (AvgIpc) is 2.24. The Morgan fingerprint density at radius 1 is 0.947 bits per heavy atom. The van der Waals surface area contributed by atoms with E-state index in [1.165, 1.54) is 0 Å². The van der Waals surface area contributed by atoms with E-state index >= 15 is 0 Å². The number of carbonyl (C=O) groups is 1. The van der Waals surface area contributed by atoms with E-state index in [0.717, 1.165) is 0 Å². The van der Waals surface area contributed by atoms with Crippen LogP contribution in [0.1, 0.15) is 38.5 Å². The second kappa shape index (κ2) is 8.29. The minimum Gasteiger partial charge on any atom is -0.481 e. The summed E-state index contributed by atoms with van der Waals surface area (Å²) in [7, 11) is 0. The van der Waals surface area contributed by atoms with Gasteiger partial charge >= 0.3 is 18.1 Å². The number of aliphatic carboxylic acids is 1. The highest BCUT2D eigenvalue weighted by Crippen LogP contribution is 2.38. The summed E-state index contributed by atoms with van der Waals surface area (Å²) in [5.41, 5.74) is 0. The van der Waals surface area contributed by atoms with Crippen LogP contribution >= 0.6 is 0 Å². The number of hydrogen-bond acceptors (Lipinski definition) is 2. The van der Waals surface area contributed by atoms with Gasteiger partial charge in [0.15, 0.2) is 0 Å². The van der Waals surface area contributed by atoms with E-state index < -0.39 is 24.5 Å². The quantitative estimate of drug-likeness (QED) is 0.494.